The SMILES string of the molecule is COC(=O)c1cc(C)sc1NC(=O)c1cc(-c2ccc(Cl)cc2)nc2c(C)cccc12. The van der Waals surface area contributed by atoms with Gasteiger partial charge in [-0.1, -0.05) is 41.9 Å². The molecule has 2 aromatic heterocycles. The van der Waals surface area contributed by atoms with Gasteiger partial charge in [0.25, 0.3) is 5.91 Å². The summed E-state index contributed by atoms with van der Waals surface area (Å²) < 4.78 is 4.85. The highest BCUT2D eigenvalue weighted by molar-refractivity contribution is 7.16. The first-order chi connectivity index (χ1) is 14.9. The van der Waals surface area contributed by atoms with Crippen molar-refractivity contribution in [3.8, 4) is 11.3 Å². The number of carbonyl (C=O) groups excluding carboxylic acids is 2. The van der Waals surface area contributed by atoms with Crippen LogP contribution in [0.3, 0.4) is 0 Å². The Labute approximate surface area is 188 Å². The van der Waals surface area contributed by atoms with Gasteiger partial charge in [-0.05, 0) is 43.7 Å². The van der Waals surface area contributed by atoms with Crippen LogP contribution in [0.4, 0.5) is 5.00 Å². The number of amides is 1. The number of nitrogens with one attached hydrogen (secondary N) is 1. The lowest BCUT2D eigenvalue weighted by molar-refractivity contribution is 0.0602. The summed E-state index contributed by atoms with van der Waals surface area (Å²) in [5, 5.41) is 4.72. The Morgan fingerprint density at radius 2 is 1.77 bits per heavy atom. The molecule has 0 aliphatic rings. The molecule has 7 heteroatoms. The molecule has 0 bridgehead atoms. The minimum absolute atomic E-state index is 0.319. The van der Waals surface area contributed by atoms with Gasteiger partial charge in [-0.25, -0.2) is 9.78 Å². The van der Waals surface area contributed by atoms with E-state index in [0.717, 1.165) is 26.9 Å². The second-order valence-electron chi connectivity index (χ2n) is 7.08. The standard InChI is InChI=1S/C24H19ClN2O3S/c1-13-5-4-6-17-18(12-20(26-21(13)17)15-7-9-16(25)10-8-15)22(28)27-23-19(24(29)30-3)11-14(2)31-23/h4-12H,1-3H3,(H,27,28). The Bertz CT molecular complexity index is 1310. The second kappa shape index (κ2) is 8.49. The fourth-order valence-electron chi connectivity index (χ4n) is 3.39. The summed E-state index contributed by atoms with van der Waals surface area (Å²) in [6.07, 6.45) is 0. The summed E-state index contributed by atoms with van der Waals surface area (Å²) in [6.45, 7) is 3.83. The van der Waals surface area contributed by atoms with Crippen LogP contribution in [0, 0.1) is 13.8 Å². The lowest BCUT2D eigenvalue weighted by atomic mass is 10.0. The molecule has 2 aromatic carbocycles. The molecule has 0 fully saturated rings. The third-order valence-electron chi connectivity index (χ3n) is 4.91. The zero-order chi connectivity index (χ0) is 22.1. The predicted octanol–water partition coefficient (Wildman–Crippen LogP) is 6.27. The van der Waals surface area contributed by atoms with Crippen LogP contribution in [-0.4, -0.2) is 24.0 Å². The maximum absolute atomic E-state index is 13.3. The number of rotatable bonds is 4. The van der Waals surface area contributed by atoms with E-state index in [4.69, 9.17) is 21.3 Å². The molecular weight excluding hydrogens is 432 g/mol. The maximum atomic E-state index is 13.3. The summed E-state index contributed by atoms with van der Waals surface area (Å²) in [7, 11) is 1.32. The molecule has 0 unspecified atom stereocenters. The van der Waals surface area contributed by atoms with Gasteiger partial charge in [0.15, 0.2) is 0 Å². The molecule has 0 radical (unpaired) electrons. The molecular formula is C24H19ClN2O3S. The zero-order valence-corrected chi connectivity index (χ0v) is 18.7. The van der Waals surface area contributed by atoms with Crippen molar-refractivity contribution in [2.24, 2.45) is 0 Å². The number of thiophene rings is 1. The Hall–Kier alpha value is -3.22. The quantitative estimate of drug-likeness (QED) is 0.372. The Balaban J connectivity index is 1.83. The molecule has 1 N–H and O–H groups in total. The van der Waals surface area contributed by atoms with Gasteiger partial charge in [-0.3, -0.25) is 4.79 Å². The molecule has 0 saturated carbocycles. The van der Waals surface area contributed by atoms with Gasteiger partial charge in [-0.15, -0.1) is 11.3 Å². The van der Waals surface area contributed by atoms with Crippen molar-refractivity contribution in [3.63, 3.8) is 0 Å². The minimum atomic E-state index is -0.489. The first kappa shape index (κ1) is 21.0. The van der Waals surface area contributed by atoms with E-state index in [2.05, 4.69) is 5.32 Å². The van der Waals surface area contributed by atoms with Crippen molar-refractivity contribution in [2.45, 2.75) is 13.8 Å². The average molecular weight is 451 g/mol. The number of nitrogens with zero attached hydrogens (tertiary/aromatic N) is 1. The first-order valence-electron chi connectivity index (χ1n) is 9.54. The predicted molar refractivity (Wildman–Crippen MR) is 125 cm³/mol. The molecule has 4 aromatic rings. The summed E-state index contributed by atoms with van der Waals surface area (Å²) in [5.74, 6) is -0.808. The third kappa shape index (κ3) is 4.17. The number of ether oxygens (including phenoxy) is 1. The number of anilines is 1. The van der Waals surface area contributed by atoms with Gasteiger partial charge in [-0.2, -0.15) is 0 Å². The number of esters is 1. The van der Waals surface area contributed by atoms with E-state index in [0.29, 0.717) is 26.8 Å². The highest BCUT2D eigenvalue weighted by atomic mass is 35.5. The number of methoxy groups -OCH3 is 1. The second-order valence-corrected chi connectivity index (χ2v) is 8.77. The van der Waals surface area contributed by atoms with Crippen molar-refractivity contribution in [3.05, 3.63) is 81.2 Å². The van der Waals surface area contributed by atoms with Crippen molar-refractivity contribution < 1.29 is 14.3 Å². The summed E-state index contributed by atoms with van der Waals surface area (Å²) >= 11 is 7.35. The number of fused-ring (bicyclic) bond motifs is 1. The Kier molecular flexibility index (Phi) is 5.76. The Morgan fingerprint density at radius 3 is 2.48 bits per heavy atom. The molecule has 0 aliphatic heterocycles. The number of benzene rings is 2. The fraction of sp³-hybridized carbons (Fsp3) is 0.125. The number of pyridine rings is 1. The molecule has 1 amide bonds. The van der Waals surface area contributed by atoms with Crippen LogP contribution in [0.15, 0.2) is 54.6 Å². The monoisotopic (exact) mass is 450 g/mol. The van der Waals surface area contributed by atoms with E-state index >= 15 is 0 Å². The highest BCUT2D eigenvalue weighted by Crippen LogP contribution is 2.31. The van der Waals surface area contributed by atoms with Crippen LogP contribution in [0.2, 0.25) is 5.02 Å². The van der Waals surface area contributed by atoms with Gasteiger partial charge >= 0.3 is 5.97 Å². The summed E-state index contributed by atoms with van der Waals surface area (Å²) in [5.41, 5.74) is 4.04. The Morgan fingerprint density at radius 1 is 1.03 bits per heavy atom. The maximum Gasteiger partial charge on any atom is 0.340 e. The molecule has 156 valence electrons. The lowest BCUT2D eigenvalue weighted by Crippen LogP contribution is -2.15. The first-order valence-corrected chi connectivity index (χ1v) is 10.7. The van der Waals surface area contributed by atoms with Gasteiger partial charge in [0, 0.05) is 20.8 Å². The topological polar surface area (TPSA) is 68.3 Å². The third-order valence-corrected chi connectivity index (χ3v) is 6.13. The molecule has 0 atom stereocenters. The number of halogens is 1. The normalized spacial score (nSPS) is 10.8. The van der Waals surface area contributed by atoms with Crippen LogP contribution < -0.4 is 5.32 Å². The molecule has 4 rings (SSSR count). The minimum Gasteiger partial charge on any atom is -0.465 e. The number of para-hydroxylation sites is 1. The number of hydrogen-bond acceptors (Lipinski definition) is 5. The van der Waals surface area contributed by atoms with E-state index in [9.17, 15) is 9.59 Å². The molecule has 31 heavy (non-hydrogen) atoms. The van der Waals surface area contributed by atoms with Crippen molar-refractivity contribution in [1.29, 1.82) is 0 Å². The average Bonchev–Trinajstić information content (AvgIpc) is 3.13. The fourth-order valence-corrected chi connectivity index (χ4v) is 4.41. The van der Waals surface area contributed by atoms with E-state index < -0.39 is 5.97 Å². The number of aromatic nitrogens is 1. The van der Waals surface area contributed by atoms with E-state index in [1.54, 1.807) is 24.3 Å². The highest BCUT2D eigenvalue weighted by Gasteiger charge is 2.20. The molecule has 5 nitrogen and oxygen atoms in total. The zero-order valence-electron chi connectivity index (χ0n) is 17.2. The molecule has 0 saturated heterocycles. The van der Waals surface area contributed by atoms with Crippen LogP contribution in [0.25, 0.3) is 22.2 Å². The lowest BCUT2D eigenvalue weighted by Gasteiger charge is -2.12. The van der Waals surface area contributed by atoms with Crippen molar-refractivity contribution >= 4 is 50.7 Å². The van der Waals surface area contributed by atoms with Gasteiger partial charge in [0.1, 0.15) is 5.00 Å². The molecule has 0 aliphatic carbocycles. The van der Waals surface area contributed by atoms with E-state index in [1.807, 2.05) is 44.2 Å². The van der Waals surface area contributed by atoms with E-state index in [-0.39, 0.29) is 5.91 Å². The summed E-state index contributed by atoms with van der Waals surface area (Å²) in [6, 6.07) is 16.5. The largest absolute Gasteiger partial charge is 0.465 e. The van der Waals surface area contributed by atoms with Crippen LogP contribution in [0.1, 0.15) is 31.2 Å². The number of aryl methyl sites for hydroxylation is 2. The summed E-state index contributed by atoms with van der Waals surface area (Å²) in [4.78, 5) is 31.1. The molecule has 0 spiro atoms. The van der Waals surface area contributed by atoms with E-state index in [1.165, 1.54) is 18.4 Å². The molecule has 2 heterocycles. The van der Waals surface area contributed by atoms with Crippen LogP contribution >= 0.6 is 22.9 Å². The number of hydrogen-bond donors (Lipinski definition) is 1. The smallest absolute Gasteiger partial charge is 0.340 e. The van der Waals surface area contributed by atoms with Gasteiger partial charge in [0.2, 0.25) is 0 Å². The van der Waals surface area contributed by atoms with Crippen molar-refractivity contribution in [1.82, 2.24) is 4.98 Å². The number of carbonyl (C=O) groups is 2. The van der Waals surface area contributed by atoms with Gasteiger partial charge < -0.3 is 10.1 Å². The van der Waals surface area contributed by atoms with Crippen LogP contribution in [-0.2, 0) is 4.74 Å². The van der Waals surface area contributed by atoms with Crippen molar-refractivity contribution in [2.75, 3.05) is 12.4 Å². The van der Waals surface area contributed by atoms with Gasteiger partial charge in [0.05, 0.1) is 29.4 Å². The van der Waals surface area contributed by atoms with Crippen LogP contribution in [0.5, 0.6) is 0 Å².